The number of carbonyl (C=O) groups excluding carboxylic acids is 1. The van der Waals surface area contributed by atoms with Crippen LogP contribution in [0.25, 0.3) is 0 Å². The molecule has 0 heterocycles. The monoisotopic (exact) mass is 393 g/mol. The Balaban J connectivity index is 1.95. The van der Waals surface area contributed by atoms with Gasteiger partial charge in [-0.25, -0.2) is 0 Å². The number of methoxy groups -OCH3 is 1. The molecule has 0 atom stereocenters. The topological polar surface area (TPSA) is 71.6 Å². The van der Waals surface area contributed by atoms with Crippen LogP contribution < -0.4 is 25.6 Å². The average molecular weight is 394 g/mol. The van der Waals surface area contributed by atoms with Crippen LogP contribution in [0.3, 0.4) is 0 Å². The number of halogens is 1. The van der Waals surface area contributed by atoms with Crippen LogP contribution in [0.4, 0.5) is 5.69 Å². The van der Waals surface area contributed by atoms with E-state index < -0.39 is 0 Å². The van der Waals surface area contributed by atoms with Crippen LogP contribution in [0, 0.1) is 6.92 Å². The Kier molecular flexibility index (Phi) is 7.06. The van der Waals surface area contributed by atoms with Crippen molar-refractivity contribution in [3.05, 3.63) is 52.5 Å². The summed E-state index contributed by atoms with van der Waals surface area (Å²) in [6.45, 7) is 4.29. The van der Waals surface area contributed by atoms with Gasteiger partial charge in [0.25, 0.3) is 5.91 Å². The van der Waals surface area contributed by atoms with Gasteiger partial charge in [0.2, 0.25) is 0 Å². The molecule has 0 saturated heterocycles. The minimum atomic E-state index is -0.363. The van der Waals surface area contributed by atoms with Crippen molar-refractivity contribution >= 4 is 40.5 Å². The third-order valence-corrected chi connectivity index (χ3v) is 4.06. The van der Waals surface area contributed by atoms with Crippen molar-refractivity contribution in [2.45, 2.75) is 13.8 Å². The molecule has 0 aliphatic rings. The van der Waals surface area contributed by atoms with Crippen molar-refractivity contribution in [3.8, 4) is 11.5 Å². The number of thiocarbonyl (C=S) groups is 1. The van der Waals surface area contributed by atoms with Gasteiger partial charge in [-0.15, -0.1) is 0 Å². The minimum Gasteiger partial charge on any atom is -0.493 e. The van der Waals surface area contributed by atoms with Crippen LogP contribution in [0.1, 0.15) is 22.8 Å². The van der Waals surface area contributed by atoms with Crippen LogP contribution >= 0.6 is 23.8 Å². The van der Waals surface area contributed by atoms with Gasteiger partial charge in [-0.05, 0) is 62.0 Å². The lowest BCUT2D eigenvalue weighted by Gasteiger charge is -2.13. The first-order chi connectivity index (χ1) is 12.4. The standard InChI is InChI=1S/C18H20ClN3O3S/c1-4-25-15-8-6-12(9-16(15)24-3)17(23)21-22-18(26)20-13-7-5-11(2)14(19)10-13/h5-10H,4H2,1-3H3,(H,21,23)(H2,20,22,26). The minimum absolute atomic E-state index is 0.233. The van der Waals surface area contributed by atoms with Gasteiger partial charge >= 0.3 is 0 Å². The van der Waals surface area contributed by atoms with E-state index in [1.54, 1.807) is 24.3 Å². The number of benzene rings is 2. The first kappa shape index (κ1) is 19.8. The molecule has 0 saturated carbocycles. The van der Waals surface area contributed by atoms with Crippen molar-refractivity contribution in [1.82, 2.24) is 10.9 Å². The number of ether oxygens (including phenoxy) is 2. The van der Waals surface area contributed by atoms with Crippen molar-refractivity contribution < 1.29 is 14.3 Å². The van der Waals surface area contributed by atoms with E-state index in [4.69, 9.17) is 33.3 Å². The molecule has 0 radical (unpaired) electrons. The molecule has 26 heavy (non-hydrogen) atoms. The van der Waals surface area contributed by atoms with Crippen molar-refractivity contribution in [2.75, 3.05) is 19.0 Å². The number of amides is 1. The molecule has 0 fully saturated rings. The predicted octanol–water partition coefficient (Wildman–Crippen LogP) is 3.69. The molecule has 0 aromatic heterocycles. The molecule has 0 aliphatic heterocycles. The first-order valence-electron chi connectivity index (χ1n) is 7.89. The zero-order chi connectivity index (χ0) is 19.1. The van der Waals surface area contributed by atoms with Gasteiger partial charge < -0.3 is 14.8 Å². The molecule has 2 aromatic carbocycles. The Morgan fingerprint density at radius 1 is 1.15 bits per heavy atom. The first-order valence-corrected chi connectivity index (χ1v) is 8.67. The van der Waals surface area contributed by atoms with Crippen LogP contribution in [0.15, 0.2) is 36.4 Å². The zero-order valence-corrected chi connectivity index (χ0v) is 16.3. The lowest BCUT2D eigenvalue weighted by atomic mass is 10.2. The number of hydrazine groups is 1. The molecule has 138 valence electrons. The van der Waals surface area contributed by atoms with Crippen LogP contribution in [-0.4, -0.2) is 24.7 Å². The summed E-state index contributed by atoms with van der Waals surface area (Å²) in [6.07, 6.45) is 0. The fourth-order valence-electron chi connectivity index (χ4n) is 2.10. The third-order valence-electron chi connectivity index (χ3n) is 3.44. The molecular formula is C18H20ClN3O3S. The van der Waals surface area contributed by atoms with E-state index in [0.29, 0.717) is 28.7 Å². The smallest absolute Gasteiger partial charge is 0.269 e. The zero-order valence-electron chi connectivity index (χ0n) is 14.7. The van der Waals surface area contributed by atoms with Gasteiger partial charge in [-0.2, -0.15) is 0 Å². The van der Waals surface area contributed by atoms with Gasteiger partial charge in [0.1, 0.15) is 0 Å². The molecule has 2 aromatic rings. The summed E-state index contributed by atoms with van der Waals surface area (Å²) in [5.41, 5.74) is 7.26. The molecule has 2 rings (SSSR count). The number of hydrogen-bond acceptors (Lipinski definition) is 4. The maximum Gasteiger partial charge on any atom is 0.269 e. The predicted molar refractivity (Wildman–Crippen MR) is 107 cm³/mol. The maximum atomic E-state index is 12.3. The van der Waals surface area contributed by atoms with Gasteiger partial charge in [0.15, 0.2) is 16.6 Å². The summed E-state index contributed by atoms with van der Waals surface area (Å²) in [4.78, 5) is 12.3. The number of rotatable bonds is 5. The summed E-state index contributed by atoms with van der Waals surface area (Å²) in [5, 5.41) is 3.80. The van der Waals surface area contributed by atoms with Gasteiger partial charge in [-0.3, -0.25) is 15.6 Å². The number of anilines is 1. The summed E-state index contributed by atoms with van der Waals surface area (Å²) in [6, 6.07) is 10.4. The molecule has 8 heteroatoms. The second-order valence-electron chi connectivity index (χ2n) is 5.30. The maximum absolute atomic E-state index is 12.3. The summed E-state index contributed by atoms with van der Waals surface area (Å²) in [7, 11) is 1.52. The van der Waals surface area contributed by atoms with E-state index in [1.165, 1.54) is 7.11 Å². The van der Waals surface area contributed by atoms with E-state index in [0.717, 1.165) is 11.3 Å². The van der Waals surface area contributed by atoms with Crippen LogP contribution in [0.2, 0.25) is 5.02 Å². The lowest BCUT2D eigenvalue weighted by molar-refractivity contribution is 0.0943. The van der Waals surface area contributed by atoms with E-state index >= 15 is 0 Å². The third kappa shape index (κ3) is 5.24. The van der Waals surface area contributed by atoms with Crippen molar-refractivity contribution in [1.29, 1.82) is 0 Å². The second-order valence-corrected chi connectivity index (χ2v) is 6.11. The summed E-state index contributed by atoms with van der Waals surface area (Å²) >= 11 is 11.2. The molecule has 0 spiro atoms. The Bertz CT molecular complexity index is 814. The van der Waals surface area contributed by atoms with Crippen LogP contribution in [0.5, 0.6) is 11.5 Å². The highest BCUT2D eigenvalue weighted by Crippen LogP contribution is 2.27. The normalized spacial score (nSPS) is 10.0. The van der Waals surface area contributed by atoms with E-state index in [2.05, 4.69) is 16.2 Å². The van der Waals surface area contributed by atoms with Crippen molar-refractivity contribution in [3.63, 3.8) is 0 Å². The highest BCUT2D eigenvalue weighted by Gasteiger charge is 2.11. The highest BCUT2D eigenvalue weighted by atomic mass is 35.5. The SMILES string of the molecule is CCOc1ccc(C(=O)NNC(=S)Nc2ccc(C)c(Cl)c2)cc1OC. The van der Waals surface area contributed by atoms with Crippen LogP contribution in [-0.2, 0) is 0 Å². The Labute approximate surface area is 162 Å². The number of nitrogens with one attached hydrogen (secondary N) is 3. The average Bonchev–Trinajstić information content (AvgIpc) is 2.63. The number of aryl methyl sites for hydroxylation is 1. The lowest BCUT2D eigenvalue weighted by Crippen LogP contribution is -2.43. The number of hydrogen-bond donors (Lipinski definition) is 3. The van der Waals surface area contributed by atoms with Gasteiger partial charge in [0.05, 0.1) is 13.7 Å². The molecule has 0 aliphatic carbocycles. The Morgan fingerprint density at radius 3 is 2.58 bits per heavy atom. The molecular weight excluding hydrogens is 374 g/mol. The molecule has 0 unspecified atom stereocenters. The fraction of sp³-hybridized carbons (Fsp3) is 0.222. The summed E-state index contributed by atoms with van der Waals surface area (Å²) in [5.74, 6) is 0.694. The fourth-order valence-corrected chi connectivity index (χ4v) is 2.45. The largest absolute Gasteiger partial charge is 0.493 e. The van der Waals surface area contributed by atoms with E-state index in [1.807, 2.05) is 26.0 Å². The van der Waals surface area contributed by atoms with Crippen molar-refractivity contribution in [2.24, 2.45) is 0 Å². The van der Waals surface area contributed by atoms with Gasteiger partial charge in [-0.1, -0.05) is 17.7 Å². The molecule has 0 bridgehead atoms. The molecule has 6 nitrogen and oxygen atoms in total. The molecule has 1 amide bonds. The highest BCUT2D eigenvalue weighted by molar-refractivity contribution is 7.80. The number of carbonyl (C=O) groups is 1. The van der Waals surface area contributed by atoms with Gasteiger partial charge in [0, 0.05) is 16.3 Å². The quantitative estimate of drug-likeness (QED) is 0.531. The molecule has 3 N–H and O–H groups in total. The second kappa shape index (κ2) is 9.26. The van der Waals surface area contributed by atoms with E-state index in [9.17, 15) is 4.79 Å². The Morgan fingerprint density at radius 2 is 1.92 bits per heavy atom. The summed E-state index contributed by atoms with van der Waals surface area (Å²) < 4.78 is 10.7. The Hall–Kier alpha value is -2.51. The van der Waals surface area contributed by atoms with E-state index in [-0.39, 0.29) is 11.0 Å².